The molecule has 1 N–H and O–H groups in total. The van der Waals surface area contributed by atoms with Crippen LogP contribution in [0.3, 0.4) is 0 Å². The molecule has 0 aliphatic carbocycles. The van der Waals surface area contributed by atoms with Crippen molar-refractivity contribution in [2.24, 2.45) is 0 Å². The predicted molar refractivity (Wildman–Crippen MR) is 67.3 cm³/mol. The molecular weight excluding hydrogens is 266 g/mol. The molecule has 16 heavy (non-hydrogen) atoms. The summed E-state index contributed by atoms with van der Waals surface area (Å²) in [5, 5.41) is 0.988. The molecule has 0 aliphatic rings. The van der Waals surface area contributed by atoms with Crippen LogP contribution in [0.4, 0.5) is 0 Å². The monoisotopic (exact) mass is 274 g/mol. The van der Waals surface area contributed by atoms with E-state index in [0.717, 1.165) is 11.4 Å². The van der Waals surface area contributed by atoms with Gasteiger partial charge in [-0.05, 0) is 23.8 Å². The highest BCUT2D eigenvalue weighted by Gasteiger charge is 2.11. The molecule has 0 aliphatic heterocycles. The molecular formula is C11H9Cl3N2. The van der Waals surface area contributed by atoms with Gasteiger partial charge < -0.3 is 4.98 Å². The SMILES string of the molecule is Clc1cc(Cl)cc(C(Cl)Cc2ncc[nH]2)c1. The molecule has 2 rings (SSSR count). The third-order valence-corrected chi connectivity index (χ3v) is 3.02. The number of rotatable bonds is 3. The Bertz CT molecular complexity index is 448. The lowest BCUT2D eigenvalue weighted by Gasteiger charge is -2.09. The number of aromatic amines is 1. The van der Waals surface area contributed by atoms with Crippen molar-refractivity contribution in [1.29, 1.82) is 0 Å². The van der Waals surface area contributed by atoms with Gasteiger partial charge in [0.2, 0.25) is 0 Å². The first kappa shape index (κ1) is 11.8. The highest BCUT2D eigenvalue weighted by molar-refractivity contribution is 6.35. The third kappa shape index (κ3) is 2.91. The van der Waals surface area contributed by atoms with Crippen LogP contribution in [-0.2, 0) is 6.42 Å². The van der Waals surface area contributed by atoms with Crippen LogP contribution in [0.2, 0.25) is 10.0 Å². The number of aromatic nitrogens is 2. The summed E-state index contributed by atoms with van der Waals surface area (Å²) in [6.07, 6.45) is 4.08. The summed E-state index contributed by atoms with van der Waals surface area (Å²) in [6, 6.07) is 5.31. The predicted octanol–water partition coefficient (Wildman–Crippen LogP) is 4.24. The van der Waals surface area contributed by atoms with Gasteiger partial charge in [-0.25, -0.2) is 4.98 Å². The maximum Gasteiger partial charge on any atom is 0.107 e. The van der Waals surface area contributed by atoms with E-state index in [1.165, 1.54) is 0 Å². The van der Waals surface area contributed by atoms with Gasteiger partial charge in [-0.2, -0.15) is 0 Å². The summed E-state index contributed by atoms with van der Waals surface area (Å²) in [5.41, 5.74) is 0.899. The average molecular weight is 276 g/mol. The molecule has 0 spiro atoms. The number of imidazole rings is 1. The maximum atomic E-state index is 6.26. The van der Waals surface area contributed by atoms with Crippen LogP contribution in [0.15, 0.2) is 30.6 Å². The van der Waals surface area contributed by atoms with E-state index < -0.39 is 0 Å². The largest absolute Gasteiger partial charge is 0.349 e. The summed E-state index contributed by atoms with van der Waals surface area (Å²) in [4.78, 5) is 7.13. The summed E-state index contributed by atoms with van der Waals surface area (Å²) in [7, 11) is 0. The quantitative estimate of drug-likeness (QED) is 0.834. The van der Waals surface area contributed by atoms with Gasteiger partial charge in [-0.3, -0.25) is 0 Å². The second-order valence-corrected chi connectivity index (χ2v) is 4.81. The van der Waals surface area contributed by atoms with Crippen molar-refractivity contribution in [1.82, 2.24) is 9.97 Å². The van der Waals surface area contributed by atoms with Crippen molar-refractivity contribution in [3.63, 3.8) is 0 Å². The van der Waals surface area contributed by atoms with Crippen LogP contribution in [0.25, 0.3) is 0 Å². The van der Waals surface area contributed by atoms with Crippen molar-refractivity contribution >= 4 is 34.8 Å². The minimum atomic E-state index is -0.192. The van der Waals surface area contributed by atoms with E-state index in [-0.39, 0.29) is 5.38 Å². The van der Waals surface area contributed by atoms with Crippen LogP contribution in [0.5, 0.6) is 0 Å². The van der Waals surface area contributed by atoms with Crippen LogP contribution in [-0.4, -0.2) is 9.97 Å². The molecule has 0 saturated carbocycles. The normalized spacial score (nSPS) is 12.7. The van der Waals surface area contributed by atoms with E-state index in [1.54, 1.807) is 18.5 Å². The molecule has 0 amide bonds. The molecule has 1 heterocycles. The molecule has 0 saturated heterocycles. The van der Waals surface area contributed by atoms with Crippen molar-refractivity contribution in [2.75, 3.05) is 0 Å². The molecule has 0 fully saturated rings. The number of H-pyrrole nitrogens is 1. The lowest BCUT2D eigenvalue weighted by Crippen LogP contribution is -1.97. The molecule has 5 heteroatoms. The number of alkyl halides is 1. The molecule has 2 aromatic rings. The van der Waals surface area contributed by atoms with Crippen molar-refractivity contribution in [2.45, 2.75) is 11.8 Å². The summed E-state index contributed by atoms with van der Waals surface area (Å²) < 4.78 is 0. The highest BCUT2D eigenvalue weighted by atomic mass is 35.5. The van der Waals surface area contributed by atoms with E-state index in [1.807, 2.05) is 12.1 Å². The Labute approximate surface area is 109 Å². The second kappa shape index (κ2) is 5.09. The molecule has 0 radical (unpaired) electrons. The number of nitrogens with one attached hydrogen (secondary N) is 1. The Balaban J connectivity index is 2.17. The second-order valence-electron chi connectivity index (χ2n) is 3.41. The number of hydrogen-bond donors (Lipinski definition) is 1. The van der Waals surface area contributed by atoms with Gasteiger partial charge in [-0.15, -0.1) is 11.6 Å². The Morgan fingerprint density at radius 1 is 1.19 bits per heavy atom. The average Bonchev–Trinajstić information content (AvgIpc) is 2.68. The van der Waals surface area contributed by atoms with Gasteiger partial charge in [0.15, 0.2) is 0 Å². The molecule has 2 nitrogen and oxygen atoms in total. The molecule has 0 bridgehead atoms. The molecule has 84 valence electrons. The van der Waals surface area contributed by atoms with Crippen LogP contribution < -0.4 is 0 Å². The fourth-order valence-electron chi connectivity index (χ4n) is 1.45. The lowest BCUT2D eigenvalue weighted by molar-refractivity contribution is 0.855. The van der Waals surface area contributed by atoms with Crippen LogP contribution in [0.1, 0.15) is 16.8 Å². The summed E-state index contributed by atoms with van der Waals surface area (Å²) in [5.74, 6) is 0.844. The molecule has 1 atom stereocenters. The highest BCUT2D eigenvalue weighted by Crippen LogP contribution is 2.29. The van der Waals surface area contributed by atoms with Crippen LogP contribution >= 0.6 is 34.8 Å². The maximum absolute atomic E-state index is 6.26. The first-order valence-corrected chi connectivity index (χ1v) is 5.92. The summed E-state index contributed by atoms with van der Waals surface area (Å²) in [6.45, 7) is 0. The number of nitrogens with zero attached hydrogens (tertiary/aromatic N) is 1. The molecule has 1 aromatic heterocycles. The fraction of sp³-hybridized carbons (Fsp3) is 0.182. The molecule has 1 aromatic carbocycles. The number of hydrogen-bond acceptors (Lipinski definition) is 1. The van der Waals surface area contributed by atoms with E-state index in [4.69, 9.17) is 34.8 Å². The van der Waals surface area contributed by atoms with Gasteiger partial charge in [0.25, 0.3) is 0 Å². The van der Waals surface area contributed by atoms with Gasteiger partial charge in [-0.1, -0.05) is 23.2 Å². The van der Waals surface area contributed by atoms with E-state index in [2.05, 4.69) is 9.97 Å². The first-order valence-electron chi connectivity index (χ1n) is 4.73. The lowest BCUT2D eigenvalue weighted by atomic mass is 10.1. The smallest absolute Gasteiger partial charge is 0.107 e. The Hall–Kier alpha value is -0.700. The van der Waals surface area contributed by atoms with E-state index in [0.29, 0.717) is 16.5 Å². The standard InChI is InChI=1S/C11H9Cl3N2/c12-8-3-7(4-9(13)5-8)10(14)6-11-15-1-2-16-11/h1-5,10H,6H2,(H,15,16). The van der Waals surface area contributed by atoms with Gasteiger partial charge in [0.05, 0.1) is 5.38 Å². The summed E-state index contributed by atoms with van der Waals surface area (Å²) >= 11 is 18.1. The van der Waals surface area contributed by atoms with E-state index >= 15 is 0 Å². The van der Waals surface area contributed by atoms with Crippen molar-refractivity contribution in [3.8, 4) is 0 Å². The fourth-order valence-corrected chi connectivity index (χ4v) is 2.27. The van der Waals surface area contributed by atoms with Gasteiger partial charge in [0, 0.05) is 28.9 Å². The Morgan fingerprint density at radius 3 is 2.44 bits per heavy atom. The number of benzene rings is 1. The molecule has 1 unspecified atom stereocenters. The zero-order chi connectivity index (χ0) is 11.5. The minimum Gasteiger partial charge on any atom is -0.349 e. The van der Waals surface area contributed by atoms with E-state index in [9.17, 15) is 0 Å². The van der Waals surface area contributed by atoms with Crippen molar-refractivity contribution < 1.29 is 0 Å². The van der Waals surface area contributed by atoms with Gasteiger partial charge in [0.1, 0.15) is 5.82 Å². The van der Waals surface area contributed by atoms with Gasteiger partial charge >= 0.3 is 0 Å². The van der Waals surface area contributed by atoms with Crippen LogP contribution in [0, 0.1) is 0 Å². The number of halogens is 3. The first-order chi connectivity index (χ1) is 7.65. The topological polar surface area (TPSA) is 28.7 Å². The third-order valence-electron chi connectivity index (χ3n) is 2.17. The zero-order valence-electron chi connectivity index (χ0n) is 8.25. The zero-order valence-corrected chi connectivity index (χ0v) is 10.5. The Morgan fingerprint density at radius 2 is 1.88 bits per heavy atom. The van der Waals surface area contributed by atoms with Crippen molar-refractivity contribution in [3.05, 3.63) is 52.0 Å². The Kier molecular flexibility index (Phi) is 3.74. The minimum absolute atomic E-state index is 0.192.